The lowest BCUT2D eigenvalue weighted by molar-refractivity contribution is -0.143. The first kappa shape index (κ1) is 13.0. The topological polar surface area (TPSA) is 84.9 Å². The van der Waals surface area contributed by atoms with Crippen molar-refractivity contribution < 1.29 is 24.2 Å². The third-order valence-corrected chi connectivity index (χ3v) is 1.83. The van der Waals surface area contributed by atoms with Gasteiger partial charge in [0.05, 0.1) is 7.11 Å². The number of nitrogens with one attached hydrogen (secondary N) is 1. The Labute approximate surface area is 98.2 Å². The quantitative estimate of drug-likeness (QED) is 0.764. The highest BCUT2D eigenvalue weighted by atomic mass is 16.5. The van der Waals surface area contributed by atoms with Gasteiger partial charge >= 0.3 is 5.97 Å². The molecule has 0 aliphatic heterocycles. The maximum absolute atomic E-state index is 11.3. The van der Waals surface area contributed by atoms with Crippen molar-refractivity contribution in [2.45, 2.75) is 0 Å². The highest BCUT2D eigenvalue weighted by molar-refractivity contribution is 5.91. The first-order valence-corrected chi connectivity index (χ1v) is 4.85. The smallest absolute Gasteiger partial charge is 0.329 e. The van der Waals surface area contributed by atoms with E-state index in [4.69, 9.17) is 9.84 Å². The molecule has 92 valence electrons. The number of hydrogen-bond donors (Lipinski definition) is 2. The fourth-order valence-corrected chi connectivity index (χ4v) is 1.10. The van der Waals surface area contributed by atoms with Gasteiger partial charge in [0.2, 0.25) is 5.91 Å². The summed E-state index contributed by atoms with van der Waals surface area (Å²) in [7, 11) is 1.55. The van der Waals surface area contributed by atoms with Crippen LogP contribution < -0.4 is 10.1 Å². The lowest BCUT2D eigenvalue weighted by Crippen LogP contribution is -2.20. The van der Waals surface area contributed by atoms with Gasteiger partial charge in [-0.3, -0.25) is 4.79 Å². The maximum atomic E-state index is 11.3. The first-order chi connectivity index (χ1) is 8.11. The molecule has 0 aliphatic carbocycles. The second-order valence-electron chi connectivity index (χ2n) is 3.16. The zero-order valence-corrected chi connectivity index (χ0v) is 9.30. The molecular weight excluding hydrogens is 226 g/mol. The van der Waals surface area contributed by atoms with Gasteiger partial charge in [0, 0.05) is 5.69 Å². The van der Waals surface area contributed by atoms with E-state index in [-0.39, 0.29) is 6.61 Å². The summed E-state index contributed by atoms with van der Waals surface area (Å²) in [6.07, 6.45) is 0. The van der Waals surface area contributed by atoms with Gasteiger partial charge in [-0.05, 0) is 24.3 Å². The van der Waals surface area contributed by atoms with E-state index in [2.05, 4.69) is 10.1 Å². The Morgan fingerprint density at radius 1 is 1.24 bits per heavy atom. The van der Waals surface area contributed by atoms with E-state index < -0.39 is 18.5 Å². The number of ether oxygens (including phenoxy) is 2. The normalized spacial score (nSPS) is 9.71. The van der Waals surface area contributed by atoms with Gasteiger partial charge in [0.15, 0.2) is 0 Å². The number of carboxylic acid groups (broad SMARTS) is 1. The van der Waals surface area contributed by atoms with Crippen molar-refractivity contribution in [3.05, 3.63) is 24.3 Å². The van der Waals surface area contributed by atoms with E-state index in [1.165, 1.54) is 0 Å². The minimum absolute atomic E-state index is 0.293. The minimum atomic E-state index is -1.11. The molecule has 0 bridgehead atoms. The molecule has 6 heteroatoms. The molecule has 0 aliphatic rings. The van der Waals surface area contributed by atoms with Crippen LogP contribution in [0.1, 0.15) is 0 Å². The number of hydrogen-bond acceptors (Lipinski definition) is 4. The fourth-order valence-electron chi connectivity index (χ4n) is 1.10. The van der Waals surface area contributed by atoms with E-state index in [0.29, 0.717) is 11.4 Å². The van der Waals surface area contributed by atoms with Crippen molar-refractivity contribution in [3.63, 3.8) is 0 Å². The molecule has 0 saturated heterocycles. The summed E-state index contributed by atoms with van der Waals surface area (Å²) in [5.74, 6) is -0.830. The van der Waals surface area contributed by atoms with Gasteiger partial charge in [0.25, 0.3) is 0 Å². The third kappa shape index (κ3) is 4.98. The van der Waals surface area contributed by atoms with Crippen molar-refractivity contribution in [2.75, 3.05) is 25.6 Å². The van der Waals surface area contributed by atoms with Crippen molar-refractivity contribution in [1.82, 2.24) is 0 Å². The predicted molar refractivity (Wildman–Crippen MR) is 60.1 cm³/mol. The lowest BCUT2D eigenvalue weighted by atomic mass is 10.3. The number of carbonyl (C=O) groups excluding carboxylic acids is 1. The summed E-state index contributed by atoms with van der Waals surface area (Å²) >= 11 is 0. The first-order valence-electron chi connectivity index (χ1n) is 4.85. The Bertz CT molecular complexity index is 387. The molecule has 0 aromatic heterocycles. The Morgan fingerprint density at radius 3 is 2.41 bits per heavy atom. The van der Waals surface area contributed by atoms with Gasteiger partial charge in [-0.2, -0.15) is 0 Å². The molecular formula is C11H13NO5. The maximum Gasteiger partial charge on any atom is 0.329 e. The minimum Gasteiger partial charge on any atom is -0.497 e. The van der Waals surface area contributed by atoms with Crippen molar-refractivity contribution in [2.24, 2.45) is 0 Å². The van der Waals surface area contributed by atoms with Gasteiger partial charge in [0.1, 0.15) is 19.0 Å². The molecule has 1 aromatic carbocycles. The molecule has 1 rings (SSSR count). The van der Waals surface area contributed by atoms with Gasteiger partial charge in [-0.25, -0.2) is 4.79 Å². The number of rotatable bonds is 6. The van der Waals surface area contributed by atoms with Crippen LogP contribution in [0.5, 0.6) is 5.75 Å². The van der Waals surface area contributed by atoms with Gasteiger partial charge in [-0.15, -0.1) is 0 Å². The average Bonchev–Trinajstić information content (AvgIpc) is 2.29. The van der Waals surface area contributed by atoms with Crippen LogP contribution in [-0.2, 0) is 14.3 Å². The molecule has 0 atom stereocenters. The summed E-state index contributed by atoms with van der Waals surface area (Å²) in [5.41, 5.74) is 0.592. The molecule has 0 unspecified atom stereocenters. The molecule has 1 amide bonds. The number of anilines is 1. The van der Waals surface area contributed by atoms with Crippen molar-refractivity contribution >= 4 is 17.6 Å². The van der Waals surface area contributed by atoms with Crippen LogP contribution in [0.15, 0.2) is 24.3 Å². The number of benzene rings is 1. The number of carboxylic acids is 1. The SMILES string of the molecule is COc1ccc(NC(=O)COCC(=O)O)cc1. The van der Waals surface area contributed by atoms with Crippen LogP contribution in [-0.4, -0.2) is 37.3 Å². The Balaban J connectivity index is 2.37. The Kier molecular flexibility index (Phi) is 4.96. The van der Waals surface area contributed by atoms with E-state index in [9.17, 15) is 9.59 Å². The number of aliphatic carboxylic acids is 1. The highest BCUT2D eigenvalue weighted by Crippen LogP contribution is 2.14. The summed E-state index contributed by atoms with van der Waals surface area (Å²) in [6, 6.07) is 6.75. The molecule has 0 spiro atoms. The molecule has 0 fully saturated rings. The van der Waals surface area contributed by atoms with Crippen LogP contribution in [0.4, 0.5) is 5.69 Å². The summed E-state index contributed by atoms with van der Waals surface area (Å²) in [5, 5.41) is 10.9. The molecule has 2 N–H and O–H groups in total. The van der Waals surface area contributed by atoms with E-state index in [1.807, 2.05) is 0 Å². The van der Waals surface area contributed by atoms with Gasteiger partial charge < -0.3 is 19.9 Å². The molecule has 17 heavy (non-hydrogen) atoms. The van der Waals surface area contributed by atoms with Crippen LogP contribution in [0, 0.1) is 0 Å². The third-order valence-electron chi connectivity index (χ3n) is 1.83. The molecule has 0 saturated carbocycles. The lowest BCUT2D eigenvalue weighted by Gasteiger charge is -2.06. The van der Waals surface area contributed by atoms with Crippen molar-refractivity contribution in [3.8, 4) is 5.75 Å². The fraction of sp³-hybridized carbons (Fsp3) is 0.273. The summed E-state index contributed by atoms with van der Waals surface area (Å²) < 4.78 is 9.60. The summed E-state index contributed by atoms with van der Waals surface area (Å²) in [6.45, 7) is -0.783. The number of carbonyl (C=O) groups is 2. The second-order valence-corrected chi connectivity index (χ2v) is 3.16. The standard InChI is InChI=1S/C11H13NO5/c1-16-9-4-2-8(3-5-9)12-10(13)6-17-7-11(14)15/h2-5H,6-7H2,1H3,(H,12,13)(H,14,15). The molecule has 1 aromatic rings. The van der Waals surface area contributed by atoms with Crippen LogP contribution in [0.3, 0.4) is 0 Å². The highest BCUT2D eigenvalue weighted by Gasteiger charge is 2.04. The zero-order chi connectivity index (χ0) is 12.7. The summed E-state index contributed by atoms with van der Waals surface area (Å²) in [4.78, 5) is 21.4. The second kappa shape index (κ2) is 6.49. The van der Waals surface area contributed by atoms with Crippen molar-refractivity contribution in [1.29, 1.82) is 0 Å². The Hall–Kier alpha value is -2.08. The number of methoxy groups -OCH3 is 1. The van der Waals surface area contributed by atoms with Crippen LogP contribution in [0.25, 0.3) is 0 Å². The van der Waals surface area contributed by atoms with Gasteiger partial charge in [-0.1, -0.05) is 0 Å². The molecule has 6 nitrogen and oxygen atoms in total. The predicted octanol–water partition coefficient (Wildman–Crippen LogP) is 0.735. The zero-order valence-electron chi connectivity index (χ0n) is 9.30. The van der Waals surface area contributed by atoms with E-state index >= 15 is 0 Å². The molecule has 0 heterocycles. The average molecular weight is 239 g/mol. The Morgan fingerprint density at radius 2 is 1.88 bits per heavy atom. The van der Waals surface area contributed by atoms with E-state index in [1.54, 1.807) is 31.4 Å². The van der Waals surface area contributed by atoms with Crippen LogP contribution >= 0.6 is 0 Å². The largest absolute Gasteiger partial charge is 0.497 e. The van der Waals surface area contributed by atoms with Crippen LogP contribution in [0.2, 0.25) is 0 Å². The monoisotopic (exact) mass is 239 g/mol. The van der Waals surface area contributed by atoms with E-state index in [0.717, 1.165) is 0 Å². The molecule has 0 radical (unpaired) electrons. The number of amides is 1.